The molecule has 0 spiro atoms. The molecule has 0 aliphatic rings. The van der Waals surface area contributed by atoms with Crippen LogP contribution in [0, 0.1) is 0 Å². The third-order valence-electron chi connectivity index (χ3n) is 4.72. The van der Waals surface area contributed by atoms with Crippen molar-refractivity contribution in [2.24, 2.45) is 5.73 Å². The van der Waals surface area contributed by atoms with Crippen LogP contribution in [0.4, 0.5) is 0 Å². The Morgan fingerprint density at radius 2 is 1.31 bits per heavy atom. The van der Waals surface area contributed by atoms with Gasteiger partial charge < -0.3 is 42.1 Å². The average molecular weight is 496 g/mol. The Morgan fingerprint density at radius 3 is 1.83 bits per heavy atom. The van der Waals surface area contributed by atoms with Crippen LogP contribution in [0.25, 0.3) is 0 Å². The van der Waals surface area contributed by atoms with Gasteiger partial charge >= 0.3 is 17.9 Å². The fourth-order valence-corrected chi connectivity index (χ4v) is 2.88. The van der Waals surface area contributed by atoms with E-state index in [9.17, 15) is 39.0 Å². The Morgan fingerprint density at radius 1 is 0.771 bits per heavy atom. The Balaban J connectivity index is 3.01. The first kappa shape index (κ1) is 29.0. The van der Waals surface area contributed by atoms with Crippen LogP contribution in [0.15, 0.2) is 30.3 Å². The van der Waals surface area contributed by atoms with Gasteiger partial charge in [-0.15, -0.1) is 0 Å². The molecule has 14 nitrogen and oxygen atoms in total. The Labute approximate surface area is 199 Å². The molecule has 192 valence electrons. The number of carboxylic acid groups (broad SMARTS) is 3. The van der Waals surface area contributed by atoms with E-state index in [1.807, 2.05) is 0 Å². The lowest BCUT2D eigenvalue weighted by molar-refractivity contribution is -0.143. The quantitative estimate of drug-likeness (QED) is 0.125. The molecule has 14 heteroatoms. The number of nitrogens with one attached hydrogen (secondary N) is 3. The van der Waals surface area contributed by atoms with E-state index in [1.54, 1.807) is 30.3 Å². The molecule has 0 saturated carbocycles. The highest BCUT2D eigenvalue weighted by molar-refractivity contribution is 5.95. The van der Waals surface area contributed by atoms with E-state index in [0.29, 0.717) is 5.56 Å². The van der Waals surface area contributed by atoms with Gasteiger partial charge in [-0.2, -0.15) is 0 Å². The summed E-state index contributed by atoms with van der Waals surface area (Å²) in [5.41, 5.74) is 6.02. The van der Waals surface area contributed by atoms with Crippen LogP contribution >= 0.6 is 0 Å². The largest absolute Gasteiger partial charge is 0.481 e. The molecule has 1 aromatic rings. The molecule has 1 rings (SSSR count). The smallest absolute Gasteiger partial charge is 0.326 e. The number of aliphatic hydroxyl groups is 1. The van der Waals surface area contributed by atoms with E-state index < -0.39 is 85.7 Å². The molecule has 0 aliphatic heterocycles. The molecule has 4 atom stereocenters. The van der Waals surface area contributed by atoms with Gasteiger partial charge in [-0.3, -0.25) is 24.0 Å². The van der Waals surface area contributed by atoms with Crippen molar-refractivity contribution in [2.45, 2.75) is 49.9 Å². The number of aliphatic carboxylic acids is 3. The van der Waals surface area contributed by atoms with Crippen molar-refractivity contribution in [1.29, 1.82) is 0 Å². The second-order valence-electron chi connectivity index (χ2n) is 7.53. The zero-order valence-electron chi connectivity index (χ0n) is 18.5. The molecule has 35 heavy (non-hydrogen) atoms. The van der Waals surface area contributed by atoms with Crippen LogP contribution in [-0.2, 0) is 35.2 Å². The van der Waals surface area contributed by atoms with E-state index >= 15 is 0 Å². The lowest BCUT2D eigenvalue weighted by Crippen LogP contribution is -2.58. The summed E-state index contributed by atoms with van der Waals surface area (Å²) in [4.78, 5) is 70.5. The van der Waals surface area contributed by atoms with Crippen LogP contribution in [0.5, 0.6) is 0 Å². The van der Waals surface area contributed by atoms with Gasteiger partial charge in [0.05, 0.1) is 19.1 Å². The van der Waals surface area contributed by atoms with Crippen molar-refractivity contribution in [3.05, 3.63) is 35.9 Å². The second kappa shape index (κ2) is 14.3. The van der Waals surface area contributed by atoms with Gasteiger partial charge in [0.25, 0.3) is 0 Å². The minimum atomic E-state index is -1.59. The lowest BCUT2D eigenvalue weighted by Gasteiger charge is -2.24. The molecule has 1 aromatic carbocycles. The summed E-state index contributed by atoms with van der Waals surface area (Å²) in [7, 11) is 0. The molecule has 0 radical (unpaired) electrons. The van der Waals surface area contributed by atoms with Gasteiger partial charge in [0.2, 0.25) is 17.7 Å². The number of rotatable bonds is 15. The van der Waals surface area contributed by atoms with E-state index in [-0.39, 0.29) is 6.42 Å². The minimum absolute atomic E-state index is 0.103. The summed E-state index contributed by atoms with van der Waals surface area (Å²) in [5.74, 6) is -7.07. The first-order valence-corrected chi connectivity index (χ1v) is 10.4. The number of nitrogens with two attached hydrogens (primary N) is 1. The van der Waals surface area contributed by atoms with E-state index in [0.717, 1.165) is 0 Å². The highest BCUT2D eigenvalue weighted by atomic mass is 16.4. The summed E-state index contributed by atoms with van der Waals surface area (Å²) in [6, 6.07) is 2.33. The number of aliphatic hydroxyl groups excluding tert-OH is 1. The van der Waals surface area contributed by atoms with Crippen LogP contribution in [-0.4, -0.2) is 86.8 Å². The fraction of sp³-hybridized carbons (Fsp3) is 0.429. The molecule has 4 unspecified atom stereocenters. The van der Waals surface area contributed by atoms with Crippen LogP contribution < -0.4 is 21.7 Å². The van der Waals surface area contributed by atoms with Crippen molar-refractivity contribution >= 4 is 35.6 Å². The normalized spacial score (nSPS) is 14.0. The number of carbonyl (C=O) groups excluding carboxylic acids is 3. The average Bonchev–Trinajstić information content (AvgIpc) is 2.79. The minimum Gasteiger partial charge on any atom is -0.481 e. The monoisotopic (exact) mass is 496 g/mol. The Kier molecular flexibility index (Phi) is 11.8. The van der Waals surface area contributed by atoms with Crippen LogP contribution in [0.1, 0.15) is 24.8 Å². The third-order valence-corrected chi connectivity index (χ3v) is 4.72. The predicted octanol–water partition coefficient (Wildman–Crippen LogP) is -2.57. The highest BCUT2D eigenvalue weighted by Crippen LogP contribution is 2.06. The summed E-state index contributed by atoms with van der Waals surface area (Å²) in [6.45, 7) is -0.909. The molecule has 0 aromatic heterocycles. The SMILES string of the molecule is NC(CC(=O)O)C(=O)NC(CO)C(=O)NC(Cc1ccccc1)C(=O)NC(CCC(=O)O)C(=O)O. The zero-order chi connectivity index (χ0) is 26.5. The topological polar surface area (TPSA) is 245 Å². The summed E-state index contributed by atoms with van der Waals surface area (Å²) < 4.78 is 0. The Hall–Kier alpha value is -4.04. The number of hydrogen-bond donors (Lipinski definition) is 8. The van der Waals surface area contributed by atoms with E-state index in [2.05, 4.69) is 16.0 Å². The number of hydrogen-bond acceptors (Lipinski definition) is 8. The molecule has 0 heterocycles. The van der Waals surface area contributed by atoms with Crippen molar-refractivity contribution in [3.63, 3.8) is 0 Å². The van der Waals surface area contributed by atoms with Crippen LogP contribution in [0.3, 0.4) is 0 Å². The van der Waals surface area contributed by atoms with E-state index in [1.165, 1.54) is 0 Å². The van der Waals surface area contributed by atoms with E-state index in [4.69, 9.17) is 15.9 Å². The molecule has 0 saturated heterocycles. The summed E-state index contributed by atoms with van der Waals surface area (Å²) in [5, 5.41) is 42.9. The van der Waals surface area contributed by atoms with Crippen molar-refractivity contribution < 1.29 is 49.2 Å². The summed E-state index contributed by atoms with van der Waals surface area (Å²) >= 11 is 0. The number of carbonyl (C=O) groups is 6. The van der Waals surface area contributed by atoms with Crippen LogP contribution in [0.2, 0.25) is 0 Å². The number of carboxylic acids is 3. The van der Waals surface area contributed by atoms with Crippen molar-refractivity contribution in [2.75, 3.05) is 6.61 Å². The van der Waals surface area contributed by atoms with Crippen molar-refractivity contribution in [3.8, 4) is 0 Å². The maximum absolute atomic E-state index is 12.8. The lowest BCUT2D eigenvalue weighted by atomic mass is 10.0. The van der Waals surface area contributed by atoms with Gasteiger partial charge in [0.15, 0.2) is 0 Å². The van der Waals surface area contributed by atoms with Gasteiger partial charge in [-0.1, -0.05) is 30.3 Å². The van der Waals surface area contributed by atoms with Gasteiger partial charge in [0.1, 0.15) is 18.1 Å². The maximum atomic E-state index is 12.8. The second-order valence-corrected chi connectivity index (χ2v) is 7.53. The third kappa shape index (κ3) is 10.6. The number of benzene rings is 1. The predicted molar refractivity (Wildman–Crippen MR) is 118 cm³/mol. The standard InChI is InChI=1S/C21H28N4O10/c22-12(9-17(29)30)18(31)25-15(10-26)20(33)24-14(8-11-4-2-1-3-5-11)19(32)23-13(21(34)35)6-7-16(27)28/h1-5,12-15,26H,6-10,22H2,(H,23,32)(H,24,33)(H,25,31)(H,27,28)(H,29,30)(H,34,35). The highest BCUT2D eigenvalue weighted by Gasteiger charge is 2.30. The Bertz CT molecular complexity index is 924. The molecule has 9 N–H and O–H groups in total. The molecule has 0 fully saturated rings. The summed E-state index contributed by atoms with van der Waals surface area (Å²) in [6.07, 6.45) is -1.76. The number of amides is 3. The molecule has 0 aliphatic carbocycles. The molecular weight excluding hydrogens is 468 g/mol. The van der Waals surface area contributed by atoms with Gasteiger partial charge in [-0.25, -0.2) is 4.79 Å². The fourth-order valence-electron chi connectivity index (χ4n) is 2.88. The van der Waals surface area contributed by atoms with Gasteiger partial charge in [0, 0.05) is 12.8 Å². The van der Waals surface area contributed by atoms with Crippen molar-refractivity contribution in [1.82, 2.24) is 16.0 Å². The maximum Gasteiger partial charge on any atom is 0.326 e. The van der Waals surface area contributed by atoms with Gasteiger partial charge in [-0.05, 0) is 12.0 Å². The first-order valence-electron chi connectivity index (χ1n) is 10.4. The zero-order valence-corrected chi connectivity index (χ0v) is 18.5. The molecule has 3 amide bonds. The first-order chi connectivity index (χ1) is 16.4. The molecule has 0 bridgehead atoms. The molecular formula is C21H28N4O10.